The van der Waals surface area contributed by atoms with E-state index in [-0.39, 0.29) is 28.5 Å². The molecule has 3 aromatic rings. The van der Waals surface area contributed by atoms with E-state index in [1.165, 1.54) is 16.8 Å². The summed E-state index contributed by atoms with van der Waals surface area (Å²) in [5.41, 5.74) is 1.99. The highest BCUT2D eigenvalue weighted by molar-refractivity contribution is 7.90. The Balaban J connectivity index is 1.51. The second-order valence-corrected chi connectivity index (χ2v) is 10.7. The third kappa shape index (κ3) is 5.22. The number of halogens is 1. The van der Waals surface area contributed by atoms with Gasteiger partial charge in [0.05, 0.1) is 10.9 Å². The van der Waals surface area contributed by atoms with Gasteiger partial charge in [0, 0.05) is 31.9 Å². The lowest BCUT2D eigenvalue weighted by molar-refractivity contribution is 0.135. The van der Waals surface area contributed by atoms with Crippen LogP contribution in [0.3, 0.4) is 0 Å². The lowest BCUT2D eigenvalue weighted by Crippen LogP contribution is -2.49. The molecule has 0 unspecified atom stereocenters. The van der Waals surface area contributed by atoms with Crippen LogP contribution in [-0.4, -0.2) is 59.7 Å². The maximum atomic E-state index is 13.3. The van der Waals surface area contributed by atoms with E-state index in [0.717, 1.165) is 37.4 Å². The lowest BCUT2D eigenvalue weighted by atomic mass is 10.0. The zero-order valence-corrected chi connectivity index (χ0v) is 19.9. The largest absolute Gasteiger partial charge is 0.369 e. The van der Waals surface area contributed by atoms with Crippen molar-refractivity contribution in [2.24, 2.45) is 5.92 Å². The Morgan fingerprint density at radius 1 is 0.970 bits per heavy atom. The Bertz CT molecular complexity index is 1170. The van der Waals surface area contributed by atoms with Crippen LogP contribution in [0.1, 0.15) is 31.3 Å². The van der Waals surface area contributed by atoms with Crippen molar-refractivity contribution in [3.8, 4) is 0 Å². The SMILES string of the molecule is Cc1ccc(S(=O)(=O)Cn2nnnc2[C@H](C(C)C)N2CCN(c3ccc(F)cc3)CC2)cc1. The molecule has 1 saturated heterocycles. The smallest absolute Gasteiger partial charge is 0.198 e. The molecular formula is C23H29FN6O2S. The van der Waals surface area contributed by atoms with Gasteiger partial charge >= 0.3 is 0 Å². The van der Waals surface area contributed by atoms with E-state index in [0.29, 0.717) is 5.82 Å². The molecule has 10 heteroatoms. The van der Waals surface area contributed by atoms with Gasteiger partial charge in [-0.05, 0) is 59.7 Å². The van der Waals surface area contributed by atoms with Crippen molar-refractivity contribution in [2.45, 2.75) is 37.6 Å². The highest BCUT2D eigenvalue weighted by atomic mass is 32.2. The minimum absolute atomic E-state index is 0.122. The summed E-state index contributed by atoms with van der Waals surface area (Å²) in [4.78, 5) is 4.77. The van der Waals surface area contributed by atoms with Crippen LogP contribution < -0.4 is 4.90 Å². The van der Waals surface area contributed by atoms with Crippen molar-refractivity contribution < 1.29 is 12.8 Å². The first-order valence-electron chi connectivity index (χ1n) is 11.0. The molecule has 1 aliphatic heterocycles. The predicted octanol–water partition coefficient (Wildman–Crippen LogP) is 3.07. The molecule has 1 aromatic heterocycles. The Morgan fingerprint density at radius 2 is 1.61 bits per heavy atom. The normalized spacial score (nSPS) is 16.3. The molecule has 176 valence electrons. The molecule has 0 spiro atoms. The molecule has 0 saturated carbocycles. The van der Waals surface area contributed by atoms with Crippen LogP contribution in [0.5, 0.6) is 0 Å². The summed E-state index contributed by atoms with van der Waals surface area (Å²) in [6, 6.07) is 13.2. The van der Waals surface area contributed by atoms with Crippen molar-refractivity contribution in [1.29, 1.82) is 0 Å². The zero-order chi connectivity index (χ0) is 23.6. The lowest BCUT2D eigenvalue weighted by Gasteiger charge is -2.41. The number of rotatable bonds is 7. The summed E-state index contributed by atoms with van der Waals surface area (Å²) < 4.78 is 40.7. The van der Waals surface area contributed by atoms with Gasteiger partial charge in [0.1, 0.15) is 5.82 Å². The molecule has 0 radical (unpaired) electrons. The second kappa shape index (κ2) is 9.56. The fourth-order valence-corrected chi connectivity index (χ4v) is 5.50. The molecule has 0 aliphatic carbocycles. The number of hydrogen-bond donors (Lipinski definition) is 0. The van der Waals surface area contributed by atoms with E-state index in [2.05, 4.69) is 39.2 Å². The van der Waals surface area contributed by atoms with Crippen molar-refractivity contribution in [3.63, 3.8) is 0 Å². The Morgan fingerprint density at radius 3 is 2.21 bits per heavy atom. The van der Waals surface area contributed by atoms with E-state index >= 15 is 0 Å². The molecule has 1 atom stereocenters. The van der Waals surface area contributed by atoms with Crippen molar-refractivity contribution >= 4 is 15.5 Å². The Labute approximate surface area is 193 Å². The third-order valence-corrected chi connectivity index (χ3v) is 7.60. The second-order valence-electron chi connectivity index (χ2n) is 8.78. The summed E-state index contributed by atoms with van der Waals surface area (Å²) in [5.74, 6) is 0.173. The number of sulfone groups is 1. The van der Waals surface area contributed by atoms with Gasteiger partial charge in [-0.25, -0.2) is 17.5 Å². The average molecular weight is 473 g/mol. The molecule has 2 heterocycles. The number of tetrazole rings is 1. The number of hydrogen-bond acceptors (Lipinski definition) is 7. The third-order valence-electron chi connectivity index (χ3n) is 6.03. The maximum absolute atomic E-state index is 13.3. The fourth-order valence-electron chi connectivity index (χ4n) is 4.29. The van der Waals surface area contributed by atoms with Gasteiger partial charge in [-0.1, -0.05) is 31.5 Å². The first kappa shape index (κ1) is 23.3. The quantitative estimate of drug-likeness (QED) is 0.522. The number of anilines is 1. The average Bonchev–Trinajstić information content (AvgIpc) is 3.22. The molecule has 33 heavy (non-hydrogen) atoms. The predicted molar refractivity (Wildman–Crippen MR) is 124 cm³/mol. The van der Waals surface area contributed by atoms with Gasteiger partial charge in [0.15, 0.2) is 21.5 Å². The van der Waals surface area contributed by atoms with E-state index in [9.17, 15) is 12.8 Å². The summed E-state index contributed by atoms with van der Waals surface area (Å²) in [5, 5.41) is 12.1. The van der Waals surface area contributed by atoms with Gasteiger partial charge in [-0.2, -0.15) is 0 Å². The van der Waals surface area contributed by atoms with Crippen LogP contribution in [0.2, 0.25) is 0 Å². The number of piperazine rings is 1. The molecule has 1 fully saturated rings. The summed E-state index contributed by atoms with van der Waals surface area (Å²) in [6.07, 6.45) is 0. The first-order chi connectivity index (χ1) is 15.7. The number of nitrogens with zero attached hydrogens (tertiary/aromatic N) is 6. The van der Waals surface area contributed by atoms with Gasteiger partial charge in [0.25, 0.3) is 0 Å². The standard InChI is InChI=1S/C23H29FN6O2S/c1-17(2)22(29-14-12-28(13-15-29)20-8-6-19(24)7-9-20)23-25-26-27-30(23)16-33(31,32)21-10-4-18(3)5-11-21/h4-11,17,22H,12-16H2,1-3H3/t22-/m0/s1. The molecule has 1 aliphatic rings. The van der Waals surface area contributed by atoms with Crippen LogP contribution in [0.4, 0.5) is 10.1 Å². The van der Waals surface area contributed by atoms with E-state index < -0.39 is 9.84 Å². The summed E-state index contributed by atoms with van der Waals surface area (Å²) >= 11 is 0. The molecule has 2 aromatic carbocycles. The van der Waals surface area contributed by atoms with Crippen LogP contribution in [0.25, 0.3) is 0 Å². The van der Waals surface area contributed by atoms with Gasteiger partial charge in [-0.3, -0.25) is 4.90 Å². The monoisotopic (exact) mass is 472 g/mol. The van der Waals surface area contributed by atoms with Gasteiger partial charge in [-0.15, -0.1) is 5.10 Å². The van der Waals surface area contributed by atoms with E-state index in [4.69, 9.17) is 0 Å². The summed E-state index contributed by atoms with van der Waals surface area (Å²) in [6.45, 7) is 9.17. The zero-order valence-electron chi connectivity index (χ0n) is 19.1. The van der Waals surface area contributed by atoms with Crippen molar-refractivity contribution in [2.75, 3.05) is 31.1 Å². The molecule has 0 N–H and O–H groups in total. The van der Waals surface area contributed by atoms with E-state index in [1.807, 2.05) is 6.92 Å². The Hall–Kier alpha value is -2.85. The number of aryl methyl sites for hydroxylation is 1. The van der Waals surface area contributed by atoms with E-state index in [1.54, 1.807) is 36.4 Å². The topological polar surface area (TPSA) is 84.2 Å². The molecule has 0 amide bonds. The molecule has 8 nitrogen and oxygen atoms in total. The molecular weight excluding hydrogens is 443 g/mol. The fraction of sp³-hybridized carbons (Fsp3) is 0.435. The Kier molecular flexibility index (Phi) is 6.76. The van der Waals surface area contributed by atoms with Gasteiger partial charge < -0.3 is 4.90 Å². The van der Waals surface area contributed by atoms with Crippen molar-refractivity contribution in [1.82, 2.24) is 25.1 Å². The summed E-state index contributed by atoms with van der Waals surface area (Å²) in [7, 11) is -3.60. The minimum atomic E-state index is -3.60. The van der Waals surface area contributed by atoms with Crippen LogP contribution in [0, 0.1) is 18.7 Å². The van der Waals surface area contributed by atoms with Crippen LogP contribution in [-0.2, 0) is 15.7 Å². The maximum Gasteiger partial charge on any atom is 0.198 e. The highest BCUT2D eigenvalue weighted by Crippen LogP contribution is 2.29. The molecule has 4 rings (SSSR count). The van der Waals surface area contributed by atoms with Crippen LogP contribution >= 0.6 is 0 Å². The van der Waals surface area contributed by atoms with Crippen LogP contribution in [0.15, 0.2) is 53.4 Å². The van der Waals surface area contributed by atoms with Gasteiger partial charge in [0.2, 0.25) is 0 Å². The van der Waals surface area contributed by atoms with Crippen molar-refractivity contribution in [3.05, 3.63) is 65.7 Å². The number of aromatic nitrogens is 4. The first-order valence-corrected chi connectivity index (χ1v) is 12.7. The number of benzene rings is 2. The minimum Gasteiger partial charge on any atom is -0.369 e. The molecule has 0 bridgehead atoms. The highest BCUT2D eigenvalue weighted by Gasteiger charge is 2.32.